The van der Waals surface area contributed by atoms with Crippen LogP contribution in [0.4, 0.5) is 5.13 Å². The van der Waals surface area contributed by atoms with Crippen molar-refractivity contribution in [1.29, 1.82) is 5.26 Å². The van der Waals surface area contributed by atoms with Crippen LogP contribution < -0.4 is 9.64 Å². The summed E-state index contributed by atoms with van der Waals surface area (Å²) in [6.07, 6.45) is 2.87. The van der Waals surface area contributed by atoms with E-state index < -0.39 is 0 Å². The molecule has 0 unspecified atom stereocenters. The van der Waals surface area contributed by atoms with Crippen molar-refractivity contribution in [1.82, 2.24) is 19.2 Å². The van der Waals surface area contributed by atoms with Gasteiger partial charge in [-0.2, -0.15) is 14.6 Å². The third-order valence-corrected chi connectivity index (χ3v) is 5.81. The Labute approximate surface area is 174 Å². The number of anilines is 1. The maximum absolute atomic E-state index is 9.07. The Bertz CT molecular complexity index is 989. The molecular formula is C21H22N6OS. The number of hydrogen-bond acceptors (Lipinski definition) is 8. The molecule has 0 aliphatic carbocycles. The van der Waals surface area contributed by atoms with Crippen LogP contribution in [0.2, 0.25) is 0 Å². The van der Waals surface area contributed by atoms with Gasteiger partial charge in [-0.1, -0.05) is 18.2 Å². The van der Waals surface area contributed by atoms with Gasteiger partial charge in [-0.25, -0.2) is 4.98 Å². The fraction of sp³-hybridized carbons (Fsp3) is 0.333. The normalized spacial score (nSPS) is 14.6. The predicted octanol–water partition coefficient (Wildman–Crippen LogP) is 2.85. The first-order valence-corrected chi connectivity index (χ1v) is 10.3. The maximum atomic E-state index is 9.07. The van der Waals surface area contributed by atoms with Crippen molar-refractivity contribution in [2.45, 2.75) is 6.42 Å². The zero-order valence-corrected chi connectivity index (χ0v) is 17.1. The van der Waals surface area contributed by atoms with Crippen LogP contribution in [0.15, 0.2) is 42.6 Å². The summed E-state index contributed by atoms with van der Waals surface area (Å²) in [6, 6.07) is 13.6. The van der Waals surface area contributed by atoms with Gasteiger partial charge in [-0.05, 0) is 24.1 Å². The van der Waals surface area contributed by atoms with Crippen molar-refractivity contribution < 1.29 is 4.74 Å². The van der Waals surface area contributed by atoms with E-state index in [9.17, 15) is 0 Å². The van der Waals surface area contributed by atoms with Gasteiger partial charge in [0.25, 0.3) is 0 Å². The third kappa shape index (κ3) is 4.70. The lowest BCUT2D eigenvalue weighted by molar-refractivity contribution is 0.261. The summed E-state index contributed by atoms with van der Waals surface area (Å²) in [5, 5.41) is 10.0. The van der Waals surface area contributed by atoms with E-state index in [0.29, 0.717) is 17.3 Å². The monoisotopic (exact) mass is 406 g/mol. The molecule has 1 aromatic carbocycles. The average molecular weight is 407 g/mol. The van der Waals surface area contributed by atoms with Gasteiger partial charge in [0.2, 0.25) is 11.0 Å². The van der Waals surface area contributed by atoms with E-state index in [0.717, 1.165) is 49.8 Å². The summed E-state index contributed by atoms with van der Waals surface area (Å²) < 4.78 is 9.60. The minimum atomic E-state index is 0.625. The van der Waals surface area contributed by atoms with Crippen molar-refractivity contribution in [2.24, 2.45) is 0 Å². The van der Waals surface area contributed by atoms with Gasteiger partial charge in [0.15, 0.2) is 5.82 Å². The SMILES string of the molecule is COc1ccc(CCN2CCN(c3nc(-c4cccc(C#N)c4)ns3)CC2)cn1. The highest BCUT2D eigenvalue weighted by Crippen LogP contribution is 2.25. The highest BCUT2D eigenvalue weighted by Gasteiger charge is 2.20. The van der Waals surface area contributed by atoms with Gasteiger partial charge < -0.3 is 9.64 Å². The molecule has 0 radical (unpaired) electrons. The molecule has 2 aromatic heterocycles. The Morgan fingerprint density at radius 1 is 1.17 bits per heavy atom. The second kappa shape index (κ2) is 8.99. The standard InChI is InChI=1S/C21H22N6OS/c1-28-19-6-5-16(15-23-19)7-8-26-9-11-27(12-10-26)21-24-20(25-29-21)18-4-2-3-17(13-18)14-22/h2-6,13,15H,7-12H2,1H3. The molecule has 7 nitrogen and oxygen atoms in total. The number of nitriles is 1. The first-order valence-electron chi connectivity index (χ1n) is 9.55. The fourth-order valence-corrected chi connectivity index (χ4v) is 4.06. The van der Waals surface area contributed by atoms with Crippen molar-refractivity contribution in [3.63, 3.8) is 0 Å². The van der Waals surface area contributed by atoms with Crippen LogP contribution in [0, 0.1) is 11.3 Å². The van der Waals surface area contributed by atoms with Gasteiger partial charge >= 0.3 is 0 Å². The molecule has 0 saturated carbocycles. The molecule has 1 fully saturated rings. The second-order valence-corrected chi connectivity index (χ2v) is 7.61. The summed E-state index contributed by atoms with van der Waals surface area (Å²) >= 11 is 1.42. The van der Waals surface area contributed by atoms with Gasteiger partial charge in [0.05, 0.1) is 18.7 Å². The molecule has 0 N–H and O–H groups in total. The summed E-state index contributed by atoms with van der Waals surface area (Å²) in [5.74, 6) is 1.34. The molecule has 0 spiro atoms. The molecule has 8 heteroatoms. The fourth-order valence-electron chi connectivity index (χ4n) is 3.32. The van der Waals surface area contributed by atoms with E-state index in [1.54, 1.807) is 13.2 Å². The number of ether oxygens (including phenoxy) is 1. The van der Waals surface area contributed by atoms with Crippen LogP contribution >= 0.6 is 11.5 Å². The number of piperazine rings is 1. The van der Waals surface area contributed by atoms with Crippen LogP contribution in [0.3, 0.4) is 0 Å². The molecule has 0 bridgehead atoms. The molecular weight excluding hydrogens is 384 g/mol. The molecule has 0 atom stereocenters. The Morgan fingerprint density at radius 3 is 2.76 bits per heavy atom. The third-order valence-electron chi connectivity index (χ3n) is 5.03. The zero-order chi connectivity index (χ0) is 20.1. The zero-order valence-electron chi connectivity index (χ0n) is 16.3. The van der Waals surface area contributed by atoms with Crippen molar-refractivity contribution in [3.05, 3.63) is 53.7 Å². The van der Waals surface area contributed by atoms with Crippen LogP contribution in [-0.2, 0) is 6.42 Å². The topological polar surface area (TPSA) is 78.2 Å². The number of aromatic nitrogens is 3. The highest BCUT2D eigenvalue weighted by atomic mass is 32.1. The lowest BCUT2D eigenvalue weighted by Gasteiger charge is -2.34. The van der Waals surface area contributed by atoms with Gasteiger partial charge in [-0.15, -0.1) is 0 Å². The number of methoxy groups -OCH3 is 1. The van der Waals surface area contributed by atoms with Crippen LogP contribution in [0.1, 0.15) is 11.1 Å². The summed E-state index contributed by atoms with van der Waals surface area (Å²) in [6.45, 7) is 4.90. The van der Waals surface area contributed by atoms with Crippen LogP contribution in [0.25, 0.3) is 11.4 Å². The molecule has 1 saturated heterocycles. The van der Waals surface area contributed by atoms with E-state index in [-0.39, 0.29) is 0 Å². The molecule has 4 rings (SSSR count). The Morgan fingerprint density at radius 2 is 2.03 bits per heavy atom. The minimum absolute atomic E-state index is 0.625. The number of hydrogen-bond donors (Lipinski definition) is 0. The van der Waals surface area contributed by atoms with E-state index in [1.807, 2.05) is 30.5 Å². The number of benzene rings is 1. The predicted molar refractivity (Wildman–Crippen MR) is 113 cm³/mol. The first kappa shape index (κ1) is 19.3. The summed E-state index contributed by atoms with van der Waals surface area (Å²) in [5.41, 5.74) is 2.74. The van der Waals surface area contributed by atoms with Gasteiger partial charge in [0.1, 0.15) is 0 Å². The molecule has 148 valence electrons. The number of pyridine rings is 1. The number of nitrogens with zero attached hydrogens (tertiary/aromatic N) is 6. The summed E-state index contributed by atoms with van der Waals surface area (Å²) in [7, 11) is 1.63. The van der Waals surface area contributed by atoms with E-state index in [4.69, 9.17) is 15.0 Å². The lowest BCUT2D eigenvalue weighted by Crippen LogP contribution is -2.47. The quantitative estimate of drug-likeness (QED) is 0.623. The largest absolute Gasteiger partial charge is 0.481 e. The van der Waals surface area contributed by atoms with Crippen molar-refractivity contribution in [3.8, 4) is 23.3 Å². The van der Waals surface area contributed by atoms with Crippen molar-refractivity contribution >= 4 is 16.7 Å². The molecule has 3 aromatic rings. The van der Waals surface area contributed by atoms with Crippen LogP contribution in [0.5, 0.6) is 5.88 Å². The molecule has 29 heavy (non-hydrogen) atoms. The molecule has 1 aliphatic heterocycles. The van der Waals surface area contributed by atoms with Gasteiger partial charge in [0, 0.05) is 62.1 Å². The summed E-state index contributed by atoms with van der Waals surface area (Å²) in [4.78, 5) is 13.7. The van der Waals surface area contributed by atoms with Gasteiger partial charge in [-0.3, -0.25) is 4.90 Å². The number of rotatable bonds is 6. The highest BCUT2D eigenvalue weighted by molar-refractivity contribution is 7.09. The molecule has 3 heterocycles. The Balaban J connectivity index is 1.30. The van der Waals surface area contributed by atoms with E-state index in [2.05, 4.69) is 31.3 Å². The lowest BCUT2D eigenvalue weighted by atomic mass is 10.1. The maximum Gasteiger partial charge on any atom is 0.212 e. The first-order chi connectivity index (χ1) is 14.2. The Hall–Kier alpha value is -3.02. The van der Waals surface area contributed by atoms with E-state index in [1.165, 1.54) is 17.1 Å². The van der Waals surface area contributed by atoms with E-state index >= 15 is 0 Å². The minimum Gasteiger partial charge on any atom is -0.481 e. The Kier molecular flexibility index (Phi) is 5.98. The van der Waals surface area contributed by atoms with Crippen LogP contribution in [-0.4, -0.2) is 59.1 Å². The molecule has 0 amide bonds. The average Bonchev–Trinajstić information content (AvgIpc) is 3.29. The van der Waals surface area contributed by atoms with Crippen molar-refractivity contribution in [2.75, 3.05) is 44.7 Å². The second-order valence-electron chi connectivity index (χ2n) is 6.88. The smallest absolute Gasteiger partial charge is 0.212 e. The molecule has 1 aliphatic rings.